The Balaban J connectivity index is 1.04. The van der Waals surface area contributed by atoms with Crippen LogP contribution < -0.4 is 0 Å². The fraction of sp³-hybridized carbons (Fsp3) is 0.0526. The van der Waals surface area contributed by atoms with Gasteiger partial charge in [0.05, 0.1) is 45.7 Å². The van der Waals surface area contributed by atoms with Gasteiger partial charge in [-0.3, -0.25) is 0 Å². The number of aromatic amines is 2. The van der Waals surface area contributed by atoms with E-state index in [0.29, 0.717) is 93.8 Å². The summed E-state index contributed by atoms with van der Waals surface area (Å²) >= 11 is 0. The molecule has 92 heavy (non-hydrogen) atoms. The van der Waals surface area contributed by atoms with Crippen LogP contribution in [0.4, 0.5) is 22.7 Å². The van der Waals surface area contributed by atoms with E-state index in [-0.39, 0.29) is 23.3 Å². The van der Waals surface area contributed by atoms with Crippen LogP contribution in [0.25, 0.3) is 45.4 Å². The largest absolute Gasteiger partial charge is 0.321 e. The summed E-state index contributed by atoms with van der Waals surface area (Å²) in [6.45, 7) is 0. The van der Waals surface area contributed by atoms with Crippen molar-refractivity contribution in [1.82, 2.24) is 39.9 Å². The van der Waals surface area contributed by atoms with Crippen molar-refractivity contribution < 1.29 is 0 Å². The predicted octanol–water partition coefficient (Wildman–Crippen LogP) is 15.6. The minimum atomic E-state index is 0.226. The summed E-state index contributed by atoms with van der Waals surface area (Å²) in [6, 6.07) is 81.1. The van der Waals surface area contributed by atoms with Crippen molar-refractivity contribution in [3.63, 3.8) is 0 Å². The maximum absolute atomic E-state index is 5.57. The van der Waals surface area contributed by atoms with Gasteiger partial charge in [0, 0.05) is 25.7 Å². The Morgan fingerprint density at radius 1 is 0.185 bits per heavy atom. The second-order valence-electron chi connectivity index (χ2n) is 22.5. The van der Waals surface area contributed by atoms with E-state index < -0.39 is 0 Å². The third-order valence-corrected chi connectivity index (χ3v) is 16.6. The fourth-order valence-electron chi connectivity index (χ4n) is 12.0. The first kappa shape index (κ1) is 53.7. The summed E-state index contributed by atoms with van der Waals surface area (Å²) in [7, 11) is 0. The van der Waals surface area contributed by atoms with Crippen molar-refractivity contribution in [2.45, 2.75) is 25.7 Å². The highest BCUT2D eigenvalue weighted by molar-refractivity contribution is 6.26. The van der Waals surface area contributed by atoms with Crippen LogP contribution in [0, 0.1) is 0 Å². The van der Waals surface area contributed by atoms with Gasteiger partial charge < -0.3 is 9.97 Å². The van der Waals surface area contributed by atoms with Gasteiger partial charge in [-0.25, -0.2) is 69.8 Å². The summed E-state index contributed by atoms with van der Waals surface area (Å²) in [4.78, 5) is 84.7. The normalized spacial score (nSPS) is 15.2. The minimum absolute atomic E-state index is 0.226. The topological polar surface area (TPSA) is 208 Å². The first-order chi connectivity index (χ1) is 45.5. The zero-order valence-corrected chi connectivity index (χ0v) is 49.2. The third-order valence-electron chi connectivity index (χ3n) is 16.6. The van der Waals surface area contributed by atoms with E-state index in [1.54, 1.807) is 0 Å². The molecule has 8 bridgehead atoms. The van der Waals surface area contributed by atoms with E-state index in [9.17, 15) is 0 Å². The number of hydrogen-bond donors (Lipinski definition) is 2. The van der Waals surface area contributed by atoms with E-state index in [2.05, 4.69) is 107 Å². The molecule has 434 valence electrons. The molecular weight excluding hydrogens is 1140 g/mol. The van der Waals surface area contributed by atoms with Gasteiger partial charge in [0.15, 0.2) is 45.9 Å². The Bertz CT molecular complexity index is 4660. The second-order valence-corrected chi connectivity index (χ2v) is 22.5. The number of benzene rings is 8. The van der Waals surface area contributed by atoms with E-state index in [0.717, 1.165) is 90.2 Å². The number of H-pyrrole nitrogens is 2. The van der Waals surface area contributed by atoms with Crippen LogP contribution in [0.5, 0.6) is 0 Å². The van der Waals surface area contributed by atoms with Crippen molar-refractivity contribution in [2.75, 3.05) is 0 Å². The number of rotatable bonds is 8. The van der Waals surface area contributed by atoms with Crippen LogP contribution >= 0.6 is 0 Å². The van der Waals surface area contributed by atoms with Gasteiger partial charge in [0.25, 0.3) is 0 Å². The molecule has 0 aliphatic carbocycles. The van der Waals surface area contributed by atoms with E-state index in [4.69, 9.17) is 69.8 Å². The molecule has 0 spiro atoms. The lowest BCUT2D eigenvalue weighted by molar-refractivity contribution is 1.09. The molecule has 0 saturated carbocycles. The average Bonchev–Trinajstić information content (AvgIpc) is 1.63. The van der Waals surface area contributed by atoms with Crippen LogP contribution in [0.2, 0.25) is 0 Å². The van der Waals surface area contributed by atoms with Crippen LogP contribution in [0.1, 0.15) is 93.5 Å². The zero-order chi connectivity index (χ0) is 60.9. The van der Waals surface area contributed by atoms with Crippen LogP contribution in [0.15, 0.2) is 283 Å². The number of fused-ring (bicyclic) bond motifs is 18. The van der Waals surface area contributed by atoms with Crippen LogP contribution in [-0.4, -0.2) is 85.6 Å². The standard InChI is InChI=1S/C76H50N16/c1-9-25-45(26-10-1)53-41-54(46-27-11-2-12-28-46)78-62-61(77-53)69-85-70(62)90-72-65-66(82-58(50-35-19-6-20-36-50)43-57(81-65)49-33-17-5-18-34-49)74(87-72)92-76-68-67(83-59(51-37-21-7-22-38-51)44-60(84-68)52-39-23-8-24-40-52)75(88-76)91-73-64-63(71(86-73)89-69)79-55(47-29-13-3-14-30-47)42-56(80-64)48-31-15-4-16-32-48/h1-40H,41-44H2,(H2,85,86,87,88,89,90,91,92). The summed E-state index contributed by atoms with van der Waals surface area (Å²) in [6.07, 6.45) is 1.54. The first-order valence-electron chi connectivity index (χ1n) is 30.4. The van der Waals surface area contributed by atoms with Gasteiger partial charge in [0.1, 0.15) is 45.5 Å². The molecule has 2 N–H and O–H groups in total. The maximum atomic E-state index is 5.57. The zero-order valence-electron chi connectivity index (χ0n) is 49.2. The minimum Gasteiger partial charge on any atom is -0.321 e. The lowest BCUT2D eigenvalue weighted by Crippen LogP contribution is -2.10. The Hall–Kier alpha value is -12.6. The highest BCUT2D eigenvalue weighted by Gasteiger charge is 2.33. The highest BCUT2D eigenvalue weighted by Crippen LogP contribution is 2.45. The Kier molecular flexibility index (Phi) is 13.3. The Morgan fingerprint density at radius 3 is 0.522 bits per heavy atom. The number of hydrogen-bond acceptors (Lipinski definition) is 14. The van der Waals surface area contributed by atoms with E-state index in [1.165, 1.54) is 0 Å². The summed E-state index contributed by atoms with van der Waals surface area (Å²) in [5, 5.41) is 0. The maximum Gasteiger partial charge on any atom is 0.184 e. The lowest BCUT2D eigenvalue weighted by atomic mass is 10.00. The van der Waals surface area contributed by atoms with Gasteiger partial charge in [-0.05, 0) is 44.5 Å². The Labute approximate surface area is 527 Å². The molecular formula is C76H50N16. The smallest absolute Gasteiger partial charge is 0.184 e. The van der Waals surface area contributed by atoms with Crippen molar-refractivity contribution in [3.05, 3.63) is 310 Å². The van der Waals surface area contributed by atoms with Gasteiger partial charge in [-0.15, -0.1) is 0 Å². The summed E-state index contributed by atoms with van der Waals surface area (Å²) in [5.74, 6) is 0.903. The lowest BCUT2D eigenvalue weighted by Gasteiger charge is -2.09. The second kappa shape index (κ2) is 22.9. The number of nitrogens with zero attached hydrogens (tertiary/aromatic N) is 14. The molecule has 6 aliphatic rings. The monoisotopic (exact) mass is 1190 g/mol. The summed E-state index contributed by atoms with van der Waals surface area (Å²) < 4.78 is 0. The molecule has 11 aromatic rings. The molecule has 8 aromatic carbocycles. The molecule has 16 heteroatoms. The number of nitrogens with one attached hydrogen (secondary N) is 2. The molecule has 6 aliphatic heterocycles. The van der Waals surface area contributed by atoms with Crippen LogP contribution in [0.3, 0.4) is 0 Å². The molecule has 0 fully saturated rings. The number of aromatic nitrogens is 8. The average molecular weight is 1190 g/mol. The van der Waals surface area contributed by atoms with Gasteiger partial charge in [0.2, 0.25) is 0 Å². The molecule has 0 radical (unpaired) electrons. The van der Waals surface area contributed by atoms with Gasteiger partial charge in [-0.2, -0.15) is 0 Å². The number of aliphatic imine (C=N–C) groups is 8. The molecule has 0 saturated heterocycles. The molecule has 3 aromatic heterocycles. The van der Waals surface area contributed by atoms with Crippen molar-refractivity contribution in [2.24, 2.45) is 39.9 Å². The van der Waals surface area contributed by atoms with Crippen molar-refractivity contribution in [3.8, 4) is 0 Å². The molecule has 0 amide bonds. The highest BCUT2D eigenvalue weighted by atomic mass is 15.2. The SMILES string of the molecule is c1ccc(C2=NC3=C(N=C(c4ccccc4)C2)c2nc3nc3[nH]c(nc4nc(nc5[nH]c(n2)c2c5N=C(c5ccccc5)CC(c5ccccc5)=N2)C2=C4N=C(c4ccccc4)CC(c4ccccc4)=N2)c2c3N=C(c3ccccc3)CC(c3ccccc3)=N2)cc1. The predicted molar refractivity (Wildman–Crippen MR) is 367 cm³/mol. The molecule has 17 rings (SSSR count). The fourth-order valence-corrected chi connectivity index (χ4v) is 12.0. The molecule has 0 unspecified atom stereocenters. The van der Waals surface area contributed by atoms with E-state index in [1.807, 2.05) is 146 Å². The first-order valence-corrected chi connectivity index (χ1v) is 30.4. The molecule has 0 atom stereocenters. The van der Waals surface area contributed by atoms with Crippen molar-refractivity contribution in [1.29, 1.82) is 0 Å². The quantitative estimate of drug-likeness (QED) is 0.151. The van der Waals surface area contributed by atoms with E-state index >= 15 is 0 Å². The van der Waals surface area contributed by atoms with Crippen LogP contribution in [-0.2, 0) is 0 Å². The molecule has 16 nitrogen and oxygen atoms in total. The van der Waals surface area contributed by atoms with Gasteiger partial charge in [-0.1, -0.05) is 243 Å². The van der Waals surface area contributed by atoms with Crippen molar-refractivity contribution >= 4 is 114 Å². The van der Waals surface area contributed by atoms with Gasteiger partial charge >= 0.3 is 0 Å². The summed E-state index contributed by atoms with van der Waals surface area (Å²) in [5.41, 5.74) is 18.0. The Morgan fingerprint density at radius 2 is 0.348 bits per heavy atom. The third kappa shape index (κ3) is 10.1. The molecule has 9 heterocycles.